The number of carbonyl (C=O) groups excluding carboxylic acids is 1. The number of carboxylic acids is 1. The summed E-state index contributed by atoms with van der Waals surface area (Å²) >= 11 is 0. The van der Waals surface area contributed by atoms with Crippen molar-refractivity contribution >= 4 is 11.9 Å². The Morgan fingerprint density at radius 3 is 2.61 bits per heavy atom. The van der Waals surface area contributed by atoms with Crippen molar-refractivity contribution in [2.45, 2.75) is 6.42 Å². The summed E-state index contributed by atoms with van der Waals surface area (Å²) in [7, 11) is 3.93. The Balaban J connectivity index is 2.44. The van der Waals surface area contributed by atoms with Gasteiger partial charge in [0.05, 0.1) is 5.56 Å². The van der Waals surface area contributed by atoms with Crippen LogP contribution in [0.25, 0.3) is 0 Å². The molecule has 0 unspecified atom stereocenters. The molecule has 0 aromatic carbocycles. The SMILES string of the molecule is CN(C)CCCNC(=O)c1ccc(C(=O)O)cn1. The van der Waals surface area contributed by atoms with E-state index in [0.29, 0.717) is 6.54 Å². The number of aromatic carboxylic acids is 1. The second-order valence-electron chi connectivity index (χ2n) is 4.15. The van der Waals surface area contributed by atoms with Crippen LogP contribution in [0, 0.1) is 0 Å². The van der Waals surface area contributed by atoms with Gasteiger partial charge in [0, 0.05) is 12.7 Å². The summed E-state index contributed by atoms with van der Waals surface area (Å²) in [4.78, 5) is 28.1. The molecule has 1 amide bonds. The van der Waals surface area contributed by atoms with Crippen LogP contribution in [0.15, 0.2) is 18.3 Å². The number of amides is 1. The van der Waals surface area contributed by atoms with Gasteiger partial charge in [0.15, 0.2) is 0 Å². The first-order chi connectivity index (χ1) is 8.50. The zero-order chi connectivity index (χ0) is 13.5. The normalized spacial score (nSPS) is 10.4. The van der Waals surface area contributed by atoms with Crippen molar-refractivity contribution in [1.29, 1.82) is 0 Å². The van der Waals surface area contributed by atoms with Gasteiger partial charge in [-0.15, -0.1) is 0 Å². The molecule has 6 heteroatoms. The maximum atomic E-state index is 11.6. The van der Waals surface area contributed by atoms with Crippen LogP contribution < -0.4 is 5.32 Å². The Hall–Kier alpha value is -1.95. The molecule has 18 heavy (non-hydrogen) atoms. The minimum Gasteiger partial charge on any atom is -0.478 e. The number of nitrogens with one attached hydrogen (secondary N) is 1. The lowest BCUT2D eigenvalue weighted by atomic mass is 10.2. The number of pyridine rings is 1. The highest BCUT2D eigenvalue weighted by atomic mass is 16.4. The predicted octanol–water partition coefficient (Wildman–Crippen LogP) is 0.461. The maximum Gasteiger partial charge on any atom is 0.337 e. The van der Waals surface area contributed by atoms with Gasteiger partial charge in [-0.3, -0.25) is 9.78 Å². The number of hydrogen-bond acceptors (Lipinski definition) is 4. The average molecular weight is 251 g/mol. The quantitative estimate of drug-likeness (QED) is 0.718. The molecular formula is C12H17N3O3. The van der Waals surface area contributed by atoms with Gasteiger partial charge in [0.25, 0.3) is 5.91 Å². The van der Waals surface area contributed by atoms with Crippen molar-refractivity contribution < 1.29 is 14.7 Å². The van der Waals surface area contributed by atoms with Crippen LogP contribution in [0.5, 0.6) is 0 Å². The molecule has 1 aromatic heterocycles. The molecule has 0 aliphatic carbocycles. The molecule has 1 rings (SSSR count). The van der Waals surface area contributed by atoms with Gasteiger partial charge in [-0.05, 0) is 39.2 Å². The summed E-state index contributed by atoms with van der Waals surface area (Å²) in [6.45, 7) is 1.46. The van der Waals surface area contributed by atoms with E-state index in [1.165, 1.54) is 18.3 Å². The lowest BCUT2D eigenvalue weighted by molar-refractivity contribution is 0.0695. The van der Waals surface area contributed by atoms with E-state index in [2.05, 4.69) is 10.3 Å². The van der Waals surface area contributed by atoms with Crippen molar-refractivity contribution in [1.82, 2.24) is 15.2 Å². The smallest absolute Gasteiger partial charge is 0.337 e. The van der Waals surface area contributed by atoms with Gasteiger partial charge in [0.1, 0.15) is 5.69 Å². The largest absolute Gasteiger partial charge is 0.478 e. The number of carbonyl (C=O) groups is 2. The Bertz CT molecular complexity index is 415. The molecule has 0 saturated carbocycles. The van der Waals surface area contributed by atoms with Crippen LogP contribution in [-0.2, 0) is 0 Å². The van der Waals surface area contributed by atoms with Gasteiger partial charge < -0.3 is 15.3 Å². The van der Waals surface area contributed by atoms with E-state index in [-0.39, 0.29) is 17.2 Å². The second-order valence-corrected chi connectivity index (χ2v) is 4.15. The van der Waals surface area contributed by atoms with Crippen LogP contribution in [0.4, 0.5) is 0 Å². The maximum absolute atomic E-state index is 11.6. The van der Waals surface area contributed by atoms with Crippen LogP contribution >= 0.6 is 0 Å². The highest BCUT2D eigenvalue weighted by Gasteiger charge is 2.08. The molecule has 0 spiro atoms. The van der Waals surface area contributed by atoms with Gasteiger partial charge >= 0.3 is 5.97 Å². The van der Waals surface area contributed by atoms with Crippen LogP contribution in [0.1, 0.15) is 27.3 Å². The number of carboxylic acid groups (broad SMARTS) is 1. The highest BCUT2D eigenvalue weighted by Crippen LogP contribution is 2.00. The zero-order valence-corrected chi connectivity index (χ0v) is 10.5. The van der Waals surface area contributed by atoms with Crippen molar-refractivity contribution in [3.8, 4) is 0 Å². The molecular weight excluding hydrogens is 234 g/mol. The van der Waals surface area contributed by atoms with Crippen LogP contribution in [0.3, 0.4) is 0 Å². The molecule has 1 aromatic rings. The van der Waals surface area contributed by atoms with E-state index in [4.69, 9.17) is 5.11 Å². The summed E-state index contributed by atoms with van der Waals surface area (Å²) in [6.07, 6.45) is 2.03. The summed E-state index contributed by atoms with van der Waals surface area (Å²) in [6, 6.07) is 2.77. The first-order valence-corrected chi connectivity index (χ1v) is 5.63. The summed E-state index contributed by atoms with van der Waals surface area (Å²) < 4.78 is 0. The van der Waals surface area contributed by atoms with Gasteiger partial charge in [-0.1, -0.05) is 0 Å². The fourth-order valence-electron chi connectivity index (χ4n) is 1.34. The number of rotatable bonds is 6. The first kappa shape index (κ1) is 14.1. The van der Waals surface area contributed by atoms with Crippen molar-refractivity contribution in [3.05, 3.63) is 29.6 Å². The molecule has 0 atom stereocenters. The molecule has 0 bridgehead atoms. The third-order valence-corrected chi connectivity index (χ3v) is 2.31. The third kappa shape index (κ3) is 4.50. The van der Waals surface area contributed by atoms with Crippen molar-refractivity contribution in [3.63, 3.8) is 0 Å². The van der Waals surface area contributed by atoms with Crippen LogP contribution in [0.2, 0.25) is 0 Å². The molecule has 0 aliphatic rings. The van der Waals surface area contributed by atoms with Gasteiger partial charge in [-0.25, -0.2) is 4.79 Å². The third-order valence-electron chi connectivity index (χ3n) is 2.31. The molecule has 2 N–H and O–H groups in total. The molecule has 0 fully saturated rings. The minimum atomic E-state index is -1.06. The van der Waals surface area contributed by atoms with E-state index >= 15 is 0 Å². The first-order valence-electron chi connectivity index (χ1n) is 5.63. The van der Waals surface area contributed by atoms with Crippen molar-refractivity contribution in [2.75, 3.05) is 27.2 Å². The topological polar surface area (TPSA) is 82.5 Å². The second kappa shape index (κ2) is 6.70. The van der Waals surface area contributed by atoms with Crippen molar-refractivity contribution in [2.24, 2.45) is 0 Å². The predicted molar refractivity (Wildman–Crippen MR) is 66.7 cm³/mol. The standard InChI is InChI=1S/C12H17N3O3/c1-15(2)7-3-6-13-11(16)10-5-4-9(8-14-10)12(17)18/h4-5,8H,3,6-7H2,1-2H3,(H,13,16)(H,17,18). The summed E-state index contributed by atoms with van der Waals surface area (Å²) in [5.41, 5.74) is 0.295. The van der Waals surface area contributed by atoms with Crippen LogP contribution in [-0.4, -0.2) is 54.1 Å². The lowest BCUT2D eigenvalue weighted by Gasteiger charge is -2.09. The van der Waals surface area contributed by atoms with Gasteiger partial charge in [-0.2, -0.15) is 0 Å². The Kier molecular flexibility index (Phi) is 5.26. The number of aromatic nitrogens is 1. The molecule has 1 heterocycles. The average Bonchev–Trinajstić information content (AvgIpc) is 2.34. The van der Waals surface area contributed by atoms with Gasteiger partial charge in [0.2, 0.25) is 0 Å². The van der Waals surface area contributed by atoms with E-state index in [9.17, 15) is 9.59 Å². The molecule has 0 radical (unpaired) electrons. The fraction of sp³-hybridized carbons (Fsp3) is 0.417. The number of nitrogens with zero attached hydrogens (tertiary/aromatic N) is 2. The highest BCUT2D eigenvalue weighted by molar-refractivity contribution is 5.93. The summed E-state index contributed by atoms with van der Waals surface area (Å²) in [5.74, 6) is -1.34. The molecule has 6 nitrogen and oxygen atoms in total. The summed E-state index contributed by atoms with van der Waals surface area (Å²) in [5, 5.41) is 11.4. The Morgan fingerprint density at radius 2 is 2.11 bits per heavy atom. The number of hydrogen-bond donors (Lipinski definition) is 2. The zero-order valence-electron chi connectivity index (χ0n) is 10.5. The van der Waals surface area contributed by atoms with E-state index in [1.807, 2.05) is 19.0 Å². The fourth-order valence-corrected chi connectivity index (χ4v) is 1.34. The monoisotopic (exact) mass is 251 g/mol. The van der Waals surface area contributed by atoms with E-state index in [1.54, 1.807) is 0 Å². The Labute approximate surface area is 106 Å². The van der Waals surface area contributed by atoms with E-state index in [0.717, 1.165) is 13.0 Å². The lowest BCUT2D eigenvalue weighted by Crippen LogP contribution is -2.27. The minimum absolute atomic E-state index is 0.0687. The molecule has 0 saturated heterocycles. The Morgan fingerprint density at radius 1 is 1.39 bits per heavy atom. The molecule has 0 aliphatic heterocycles. The van der Waals surface area contributed by atoms with E-state index < -0.39 is 5.97 Å². The molecule has 98 valence electrons.